The van der Waals surface area contributed by atoms with Crippen LogP contribution in [0, 0.1) is 5.92 Å². The number of hydrogen-bond donors (Lipinski definition) is 0. The number of halogens is 2. The van der Waals surface area contributed by atoms with Gasteiger partial charge in [-0.3, -0.25) is 0 Å². The van der Waals surface area contributed by atoms with Crippen molar-refractivity contribution in [3.63, 3.8) is 0 Å². The molecule has 124 valence electrons. The summed E-state index contributed by atoms with van der Waals surface area (Å²) >= 11 is 19.4. The molecule has 2 aromatic rings. The average molecular weight is 389 g/mol. The minimum atomic E-state index is -0.343. The monoisotopic (exact) mass is 388 g/mol. The van der Waals surface area contributed by atoms with Crippen LogP contribution >= 0.6 is 47.2 Å². The topological polar surface area (TPSA) is 27.1 Å². The molecule has 0 aliphatic rings. The Morgan fingerprint density at radius 2 is 2.04 bits per heavy atom. The van der Waals surface area contributed by atoms with E-state index in [1.165, 1.54) is 11.8 Å². The van der Waals surface area contributed by atoms with Crippen LogP contribution in [0.1, 0.15) is 30.2 Å². The van der Waals surface area contributed by atoms with Crippen LogP contribution in [-0.4, -0.2) is 20.5 Å². The molecule has 0 saturated heterocycles. The standard InChI is InChI=1S/C16H18Cl2N2OS2/c1-11(2)9-21-16(22)23-14(12-3-5-13(17)6-4-12)15(18)20-8-7-19-10-20/h3-8,10-11,14-15H,9H2,1-2H3. The molecule has 0 fully saturated rings. The van der Waals surface area contributed by atoms with E-state index in [4.69, 9.17) is 40.2 Å². The van der Waals surface area contributed by atoms with Crippen molar-refractivity contribution in [1.29, 1.82) is 0 Å². The molecule has 7 heteroatoms. The number of hydrogen-bond acceptors (Lipinski definition) is 4. The van der Waals surface area contributed by atoms with Crippen LogP contribution < -0.4 is 0 Å². The number of aromatic nitrogens is 2. The smallest absolute Gasteiger partial charge is 0.220 e. The lowest BCUT2D eigenvalue weighted by atomic mass is 10.1. The fraction of sp³-hybridized carbons (Fsp3) is 0.375. The predicted molar refractivity (Wildman–Crippen MR) is 102 cm³/mol. The summed E-state index contributed by atoms with van der Waals surface area (Å²) in [7, 11) is 0. The molecule has 0 N–H and O–H groups in total. The third kappa shape index (κ3) is 5.68. The summed E-state index contributed by atoms with van der Waals surface area (Å²) in [6, 6.07) is 7.61. The van der Waals surface area contributed by atoms with Crippen LogP contribution in [0.2, 0.25) is 5.02 Å². The van der Waals surface area contributed by atoms with E-state index in [9.17, 15) is 0 Å². The maximum absolute atomic E-state index is 6.65. The largest absolute Gasteiger partial charge is 0.478 e. The van der Waals surface area contributed by atoms with Crippen LogP contribution in [0.4, 0.5) is 0 Å². The lowest BCUT2D eigenvalue weighted by molar-refractivity contribution is 0.272. The first-order valence-corrected chi connectivity index (χ1v) is 9.28. The SMILES string of the molecule is CC(C)COC(=S)SC(c1ccc(Cl)cc1)C(Cl)n1ccnc1. The number of rotatable bonds is 6. The van der Waals surface area contributed by atoms with Gasteiger partial charge in [-0.15, -0.1) is 0 Å². The number of benzene rings is 1. The Bertz CT molecular complexity index is 618. The van der Waals surface area contributed by atoms with Gasteiger partial charge in [0.1, 0.15) is 5.50 Å². The second-order valence-electron chi connectivity index (χ2n) is 5.43. The van der Waals surface area contributed by atoms with E-state index in [0.717, 1.165) is 5.56 Å². The Balaban J connectivity index is 2.17. The zero-order chi connectivity index (χ0) is 16.8. The quantitative estimate of drug-likeness (QED) is 0.467. The number of thioether (sulfide) groups is 1. The number of nitrogens with zero attached hydrogens (tertiary/aromatic N) is 2. The van der Waals surface area contributed by atoms with Gasteiger partial charge in [-0.2, -0.15) is 0 Å². The van der Waals surface area contributed by atoms with Crippen LogP contribution in [0.15, 0.2) is 43.0 Å². The molecule has 1 aromatic heterocycles. The molecular weight excluding hydrogens is 371 g/mol. The zero-order valence-corrected chi connectivity index (χ0v) is 16.0. The lowest BCUT2D eigenvalue weighted by Crippen LogP contribution is -2.13. The summed E-state index contributed by atoms with van der Waals surface area (Å²) in [6.07, 6.45) is 5.23. The summed E-state index contributed by atoms with van der Waals surface area (Å²) in [5, 5.41) is 0.577. The van der Waals surface area contributed by atoms with Crippen molar-refractivity contribution in [3.05, 3.63) is 53.6 Å². The van der Waals surface area contributed by atoms with E-state index in [-0.39, 0.29) is 10.8 Å². The first-order valence-electron chi connectivity index (χ1n) is 7.17. The minimum Gasteiger partial charge on any atom is -0.478 e. The van der Waals surface area contributed by atoms with Gasteiger partial charge in [0, 0.05) is 17.4 Å². The zero-order valence-electron chi connectivity index (χ0n) is 12.9. The molecule has 0 aliphatic carbocycles. The molecule has 0 bridgehead atoms. The van der Waals surface area contributed by atoms with Gasteiger partial charge in [0.25, 0.3) is 0 Å². The van der Waals surface area contributed by atoms with Crippen molar-refractivity contribution in [3.8, 4) is 0 Å². The van der Waals surface area contributed by atoms with Gasteiger partial charge in [-0.25, -0.2) is 4.98 Å². The molecule has 0 spiro atoms. The van der Waals surface area contributed by atoms with Gasteiger partial charge in [0.2, 0.25) is 4.38 Å². The minimum absolute atomic E-state index is 0.109. The predicted octanol–water partition coefficient (Wildman–Crippen LogP) is 5.71. The van der Waals surface area contributed by atoms with Crippen molar-refractivity contribution >= 4 is 51.6 Å². The highest BCUT2D eigenvalue weighted by atomic mass is 35.5. The molecule has 2 rings (SSSR count). The molecule has 0 saturated carbocycles. The van der Waals surface area contributed by atoms with Crippen molar-refractivity contribution < 1.29 is 4.74 Å². The lowest BCUT2D eigenvalue weighted by Gasteiger charge is -2.23. The molecule has 0 aliphatic heterocycles. The van der Waals surface area contributed by atoms with Gasteiger partial charge in [-0.1, -0.05) is 60.9 Å². The van der Waals surface area contributed by atoms with E-state index in [1.807, 2.05) is 35.0 Å². The van der Waals surface area contributed by atoms with Crippen molar-refractivity contribution in [1.82, 2.24) is 9.55 Å². The fourth-order valence-corrected chi connectivity index (χ4v) is 3.69. The highest BCUT2D eigenvalue weighted by molar-refractivity contribution is 8.22. The summed E-state index contributed by atoms with van der Waals surface area (Å²) in [5.41, 5.74) is 0.688. The third-order valence-corrected chi connectivity index (χ3v) is 5.40. The Morgan fingerprint density at radius 1 is 1.35 bits per heavy atom. The van der Waals surface area contributed by atoms with Gasteiger partial charge in [0.15, 0.2) is 0 Å². The van der Waals surface area contributed by atoms with Crippen molar-refractivity contribution in [2.24, 2.45) is 5.92 Å². The van der Waals surface area contributed by atoms with E-state index < -0.39 is 0 Å². The Hall–Kier alpha value is -0.750. The molecule has 1 heterocycles. The van der Waals surface area contributed by atoms with Crippen LogP contribution in [0.25, 0.3) is 0 Å². The fourth-order valence-electron chi connectivity index (χ4n) is 1.88. The first-order chi connectivity index (χ1) is 11.0. The maximum atomic E-state index is 6.65. The van der Waals surface area contributed by atoms with Gasteiger partial charge in [0.05, 0.1) is 18.2 Å². The van der Waals surface area contributed by atoms with E-state index >= 15 is 0 Å². The van der Waals surface area contributed by atoms with Crippen LogP contribution in [0.3, 0.4) is 0 Å². The molecular formula is C16H18Cl2N2OS2. The Kier molecular flexibility index (Phi) is 7.21. The number of imidazole rings is 1. The maximum Gasteiger partial charge on any atom is 0.220 e. The van der Waals surface area contributed by atoms with E-state index in [0.29, 0.717) is 21.9 Å². The van der Waals surface area contributed by atoms with Gasteiger partial charge >= 0.3 is 0 Å². The van der Waals surface area contributed by atoms with Gasteiger partial charge in [-0.05, 0) is 35.8 Å². The molecule has 23 heavy (non-hydrogen) atoms. The molecule has 3 nitrogen and oxygen atoms in total. The summed E-state index contributed by atoms with van der Waals surface area (Å²) in [4.78, 5) is 4.06. The van der Waals surface area contributed by atoms with Crippen molar-refractivity contribution in [2.45, 2.75) is 24.6 Å². The van der Waals surface area contributed by atoms with Crippen LogP contribution in [0.5, 0.6) is 0 Å². The molecule has 0 radical (unpaired) electrons. The Labute approximate surface area is 156 Å². The normalized spacial score (nSPS) is 13.8. The van der Waals surface area contributed by atoms with E-state index in [2.05, 4.69) is 18.8 Å². The highest BCUT2D eigenvalue weighted by Crippen LogP contribution is 2.42. The second kappa shape index (κ2) is 8.92. The molecule has 2 atom stereocenters. The summed E-state index contributed by atoms with van der Waals surface area (Å²) in [6.45, 7) is 4.76. The number of ether oxygens (including phenoxy) is 1. The molecule has 1 aromatic carbocycles. The average Bonchev–Trinajstić information content (AvgIpc) is 3.05. The number of thiocarbonyl (C=S) groups is 1. The molecule has 2 unspecified atom stereocenters. The number of alkyl halides is 1. The molecule has 0 amide bonds. The van der Waals surface area contributed by atoms with Crippen LogP contribution in [-0.2, 0) is 4.74 Å². The van der Waals surface area contributed by atoms with Crippen molar-refractivity contribution in [2.75, 3.05) is 6.61 Å². The third-order valence-electron chi connectivity index (χ3n) is 3.02. The van der Waals surface area contributed by atoms with E-state index in [1.54, 1.807) is 12.5 Å². The Morgan fingerprint density at radius 3 is 2.61 bits per heavy atom. The summed E-state index contributed by atoms with van der Waals surface area (Å²) in [5.74, 6) is 0.419. The highest BCUT2D eigenvalue weighted by Gasteiger charge is 2.25. The first kappa shape index (κ1) is 18.6. The second-order valence-corrected chi connectivity index (χ2v) is 8.05. The van der Waals surface area contributed by atoms with Gasteiger partial charge < -0.3 is 9.30 Å². The summed E-state index contributed by atoms with van der Waals surface area (Å²) < 4.78 is 7.97.